The molecule has 2 unspecified atom stereocenters. The molecule has 0 aromatic heterocycles. The largest absolute Gasteiger partial charge is 0.459 e. The van der Waals surface area contributed by atoms with Crippen LogP contribution in [0.4, 0.5) is 0 Å². The molecule has 5 heteroatoms. The second-order valence-electron chi connectivity index (χ2n) is 3.92. The van der Waals surface area contributed by atoms with Crippen LogP contribution in [-0.4, -0.2) is 23.7 Å². The molecular weight excluding hydrogens is 192 g/mol. The maximum atomic E-state index is 11.2. The number of carbonyl (C=O) groups excluding carboxylic acids is 1. The van der Waals surface area contributed by atoms with E-state index in [4.69, 9.17) is 16.2 Å². The van der Waals surface area contributed by atoms with Crippen molar-refractivity contribution in [3.63, 3.8) is 0 Å². The van der Waals surface area contributed by atoms with Gasteiger partial charge in [-0.1, -0.05) is 0 Å². The Morgan fingerprint density at radius 2 is 1.69 bits per heavy atom. The molecule has 0 spiro atoms. The Labute approximate surface area is 85.4 Å². The summed E-state index contributed by atoms with van der Waals surface area (Å²) in [5.74, 6) is -0.447. The monoisotopic (exact) mass is 210 g/mol. The number of halogens is 1. The molecule has 0 aliphatic rings. The third kappa shape index (κ3) is 6.81. The third-order valence-corrected chi connectivity index (χ3v) is 1.25. The van der Waals surface area contributed by atoms with E-state index in [9.17, 15) is 4.79 Å². The van der Waals surface area contributed by atoms with Gasteiger partial charge in [0.1, 0.15) is 11.6 Å². The van der Waals surface area contributed by atoms with Gasteiger partial charge in [0, 0.05) is 6.04 Å². The molecular formula is C8H19ClN2O2. The van der Waals surface area contributed by atoms with Gasteiger partial charge in [0.05, 0.1) is 0 Å². The van der Waals surface area contributed by atoms with Gasteiger partial charge in [0.25, 0.3) is 0 Å². The number of nitrogens with two attached hydrogens (primary N) is 2. The van der Waals surface area contributed by atoms with E-state index in [0.29, 0.717) is 0 Å². The SMILES string of the molecule is CC(N)C(N)C(=O)OC(C)(C)C.Cl. The normalized spacial score (nSPS) is 15.5. The van der Waals surface area contributed by atoms with E-state index < -0.39 is 17.6 Å². The molecule has 0 aliphatic heterocycles. The van der Waals surface area contributed by atoms with Gasteiger partial charge in [-0.15, -0.1) is 12.4 Å². The highest BCUT2D eigenvalue weighted by Crippen LogP contribution is 2.08. The van der Waals surface area contributed by atoms with Crippen LogP contribution >= 0.6 is 12.4 Å². The lowest BCUT2D eigenvalue weighted by molar-refractivity contribution is -0.156. The summed E-state index contributed by atoms with van der Waals surface area (Å²) in [5, 5.41) is 0. The van der Waals surface area contributed by atoms with Crippen LogP contribution in [0.15, 0.2) is 0 Å². The van der Waals surface area contributed by atoms with E-state index in [1.165, 1.54) is 0 Å². The molecule has 4 nitrogen and oxygen atoms in total. The summed E-state index contributed by atoms with van der Waals surface area (Å²) >= 11 is 0. The van der Waals surface area contributed by atoms with Gasteiger partial charge >= 0.3 is 5.97 Å². The second kappa shape index (κ2) is 5.42. The highest BCUT2D eigenvalue weighted by atomic mass is 35.5. The van der Waals surface area contributed by atoms with Crippen LogP contribution in [-0.2, 0) is 9.53 Å². The van der Waals surface area contributed by atoms with Crippen LogP contribution in [0.1, 0.15) is 27.7 Å². The van der Waals surface area contributed by atoms with Gasteiger partial charge in [-0.05, 0) is 27.7 Å². The first kappa shape index (κ1) is 15.2. The van der Waals surface area contributed by atoms with E-state index in [-0.39, 0.29) is 18.4 Å². The first-order valence-electron chi connectivity index (χ1n) is 3.98. The predicted octanol–water partition coefficient (Wildman–Crippen LogP) is 0.424. The number of carbonyl (C=O) groups is 1. The zero-order valence-corrected chi connectivity index (χ0v) is 9.35. The fourth-order valence-corrected chi connectivity index (χ4v) is 0.584. The average Bonchev–Trinajstić information content (AvgIpc) is 1.82. The first-order chi connectivity index (χ1) is 5.24. The van der Waals surface area contributed by atoms with Crippen molar-refractivity contribution in [2.75, 3.05) is 0 Å². The van der Waals surface area contributed by atoms with Crippen molar-refractivity contribution in [3.05, 3.63) is 0 Å². The van der Waals surface area contributed by atoms with Crippen LogP contribution in [0.2, 0.25) is 0 Å². The molecule has 80 valence electrons. The van der Waals surface area contributed by atoms with Crippen molar-refractivity contribution >= 4 is 18.4 Å². The minimum absolute atomic E-state index is 0. The second-order valence-corrected chi connectivity index (χ2v) is 3.92. The van der Waals surface area contributed by atoms with Gasteiger partial charge in [-0.25, -0.2) is 0 Å². The summed E-state index contributed by atoms with van der Waals surface area (Å²) < 4.78 is 5.02. The Morgan fingerprint density at radius 1 is 1.31 bits per heavy atom. The molecule has 0 saturated heterocycles. The molecule has 0 rings (SSSR count). The number of hydrogen-bond donors (Lipinski definition) is 2. The maximum Gasteiger partial charge on any atom is 0.325 e. The highest BCUT2D eigenvalue weighted by Gasteiger charge is 2.24. The summed E-state index contributed by atoms with van der Waals surface area (Å²) in [6.45, 7) is 7.05. The molecule has 0 aliphatic carbocycles. The van der Waals surface area contributed by atoms with Gasteiger partial charge in [-0.2, -0.15) is 0 Å². The standard InChI is InChI=1S/C8H18N2O2.ClH/c1-5(9)6(10)7(11)12-8(2,3)4;/h5-6H,9-10H2,1-4H3;1H. The van der Waals surface area contributed by atoms with Crippen molar-refractivity contribution in [2.45, 2.75) is 45.4 Å². The van der Waals surface area contributed by atoms with Crippen LogP contribution < -0.4 is 11.5 Å². The lowest BCUT2D eigenvalue weighted by atomic mass is 10.1. The molecule has 0 radical (unpaired) electrons. The molecule has 0 fully saturated rings. The van der Waals surface area contributed by atoms with Crippen LogP contribution in [0, 0.1) is 0 Å². The number of rotatable bonds is 2. The third-order valence-electron chi connectivity index (χ3n) is 1.25. The average molecular weight is 211 g/mol. The van der Waals surface area contributed by atoms with Crippen molar-refractivity contribution < 1.29 is 9.53 Å². The number of hydrogen-bond acceptors (Lipinski definition) is 4. The zero-order valence-electron chi connectivity index (χ0n) is 8.53. The highest BCUT2D eigenvalue weighted by molar-refractivity contribution is 5.85. The molecule has 4 N–H and O–H groups in total. The Morgan fingerprint density at radius 3 is 1.92 bits per heavy atom. The van der Waals surface area contributed by atoms with Gasteiger partial charge in [0.15, 0.2) is 0 Å². The van der Waals surface area contributed by atoms with Gasteiger partial charge in [-0.3, -0.25) is 4.79 Å². The van der Waals surface area contributed by atoms with Crippen molar-refractivity contribution in [1.82, 2.24) is 0 Å². The molecule has 0 aromatic rings. The van der Waals surface area contributed by atoms with E-state index in [1.807, 2.05) is 0 Å². The summed E-state index contributed by atoms with van der Waals surface area (Å²) in [6.07, 6.45) is 0. The minimum atomic E-state index is -0.732. The Bertz CT molecular complexity index is 166. The van der Waals surface area contributed by atoms with E-state index >= 15 is 0 Å². The summed E-state index contributed by atoms with van der Waals surface area (Å²) in [5.41, 5.74) is 10.4. The lowest BCUT2D eigenvalue weighted by Gasteiger charge is -2.23. The Hall–Kier alpha value is -0.320. The van der Waals surface area contributed by atoms with Gasteiger partial charge in [0.2, 0.25) is 0 Å². The summed E-state index contributed by atoms with van der Waals surface area (Å²) in [4.78, 5) is 11.2. The quantitative estimate of drug-likeness (QED) is 0.648. The number of ether oxygens (including phenoxy) is 1. The van der Waals surface area contributed by atoms with E-state index in [1.54, 1.807) is 27.7 Å². The zero-order chi connectivity index (χ0) is 9.94. The molecule has 0 heterocycles. The smallest absolute Gasteiger partial charge is 0.325 e. The maximum absolute atomic E-state index is 11.2. The lowest BCUT2D eigenvalue weighted by Crippen LogP contribution is -2.48. The molecule has 0 amide bonds. The van der Waals surface area contributed by atoms with Crippen molar-refractivity contribution in [2.24, 2.45) is 11.5 Å². The Kier molecular flexibility index (Phi) is 6.32. The number of esters is 1. The molecule has 2 atom stereocenters. The van der Waals surface area contributed by atoms with Gasteiger partial charge < -0.3 is 16.2 Å². The van der Waals surface area contributed by atoms with Crippen LogP contribution in [0.25, 0.3) is 0 Å². The predicted molar refractivity (Wildman–Crippen MR) is 54.7 cm³/mol. The van der Waals surface area contributed by atoms with E-state index in [2.05, 4.69) is 0 Å². The fourth-order valence-electron chi connectivity index (χ4n) is 0.584. The first-order valence-corrected chi connectivity index (χ1v) is 3.98. The summed E-state index contributed by atoms with van der Waals surface area (Å²) in [6, 6.07) is -1.11. The van der Waals surface area contributed by atoms with Crippen LogP contribution in [0.5, 0.6) is 0 Å². The molecule has 0 aromatic carbocycles. The van der Waals surface area contributed by atoms with Crippen molar-refractivity contribution in [3.8, 4) is 0 Å². The topological polar surface area (TPSA) is 78.3 Å². The molecule has 0 saturated carbocycles. The van der Waals surface area contributed by atoms with E-state index in [0.717, 1.165) is 0 Å². The molecule has 0 bridgehead atoms. The minimum Gasteiger partial charge on any atom is -0.459 e. The summed E-state index contributed by atoms with van der Waals surface area (Å²) in [7, 11) is 0. The fraction of sp³-hybridized carbons (Fsp3) is 0.875. The Balaban J connectivity index is 0. The molecule has 13 heavy (non-hydrogen) atoms. The van der Waals surface area contributed by atoms with Crippen molar-refractivity contribution in [1.29, 1.82) is 0 Å². The van der Waals surface area contributed by atoms with Crippen LogP contribution in [0.3, 0.4) is 0 Å².